The van der Waals surface area contributed by atoms with Crippen molar-refractivity contribution in [1.82, 2.24) is 5.32 Å². The second kappa shape index (κ2) is 6.33. The number of rotatable bonds is 4. The van der Waals surface area contributed by atoms with Crippen molar-refractivity contribution in [2.75, 3.05) is 13.1 Å². The zero-order valence-corrected chi connectivity index (χ0v) is 12.4. The van der Waals surface area contributed by atoms with Gasteiger partial charge in [0.1, 0.15) is 5.78 Å². The Morgan fingerprint density at radius 1 is 1.26 bits per heavy atom. The topological polar surface area (TPSA) is 29.1 Å². The molecular formula is C17H25NO. The minimum atomic E-state index is 0.250. The molecule has 1 atom stereocenters. The molecule has 0 radical (unpaired) electrons. The van der Waals surface area contributed by atoms with Gasteiger partial charge in [-0.3, -0.25) is 4.79 Å². The Kier molecular flexibility index (Phi) is 4.76. The molecule has 1 aliphatic heterocycles. The molecule has 0 spiro atoms. The largest absolute Gasteiger partial charge is 0.316 e. The molecule has 2 nitrogen and oxygen atoms in total. The average molecular weight is 259 g/mol. The number of aryl methyl sites for hydroxylation is 3. The van der Waals surface area contributed by atoms with Gasteiger partial charge in [-0.2, -0.15) is 0 Å². The van der Waals surface area contributed by atoms with Crippen LogP contribution >= 0.6 is 0 Å². The number of piperidine rings is 1. The van der Waals surface area contributed by atoms with Crippen molar-refractivity contribution in [2.45, 2.75) is 46.5 Å². The fourth-order valence-corrected chi connectivity index (χ4v) is 3.18. The van der Waals surface area contributed by atoms with Gasteiger partial charge in [0.25, 0.3) is 0 Å². The molecule has 1 aromatic carbocycles. The van der Waals surface area contributed by atoms with E-state index in [2.05, 4.69) is 38.2 Å². The van der Waals surface area contributed by atoms with E-state index in [0.717, 1.165) is 32.4 Å². The van der Waals surface area contributed by atoms with Gasteiger partial charge < -0.3 is 5.32 Å². The first kappa shape index (κ1) is 14.3. The lowest BCUT2D eigenvalue weighted by molar-refractivity contribution is -0.123. The number of carbonyl (C=O) groups excluding carboxylic acids is 1. The monoisotopic (exact) mass is 259 g/mol. The molecule has 1 aromatic rings. The van der Waals surface area contributed by atoms with E-state index >= 15 is 0 Å². The van der Waals surface area contributed by atoms with E-state index in [1.54, 1.807) is 0 Å². The highest BCUT2D eigenvalue weighted by molar-refractivity contribution is 5.81. The lowest BCUT2D eigenvalue weighted by Gasteiger charge is -2.21. The first-order chi connectivity index (χ1) is 9.08. The molecule has 1 N–H and O–H groups in total. The van der Waals surface area contributed by atoms with Gasteiger partial charge in [-0.25, -0.2) is 0 Å². The van der Waals surface area contributed by atoms with Gasteiger partial charge in [-0.05, 0) is 63.3 Å². The van der Waals surface area contributed by atoms with Crippen LogP contribution in [-0.2, 0) is 11.2 Å². The predicted octanol–water partition coefficient (Wildman–Crippen LogP) is 3.11. The van der Waals surface area contributed by atoms with Crippen molar-refractivity contribution in [3.63, 3.8) is 0 Å². The molecular weight excluding hydrogens is 234 g/mol. The molecule has 0 aliphatic carbocycles. The van der Waals surface area contributed by atoms with E-state index in [1.807, 2.05) is 0 Å². The molecule has 104 valence electrons. The van der Waals surface area contributed by atoms with Gasteiger partial charge in [-0.15, -0.1) is 0 Å². The summed E-state index contributed by atoms with van der Waals surface area (Å²) in [6, 6.07) is 4.43. The van der Waals surface area contributed by atoms with Crippen LogP contribution in [0.1, 0.15) is 41.5 Å². The molecule has 0 aromatic heterocycles. The van der Waals surface area contributed by atoms with E-state index < -0.39 is 0 Å². The van der Waals surface area contributed by atoms with E-state index in [4.69, 9.17) is 0 Å². The van der Waals surface area contributed by atoms with Crippen LogP contribution in [0.3, 0.4) is 0 Å². The van der Waals surface area contributed by atoms with E-state index in [-0.39, 0.29) is 5.92 Å². The summed E-state index contributed by atoms with van der Waals surface area (Å²) in [6.45, 7) is 8.39. The molecule has 2 rings (SSSR count). The average Bonchev–Trinajstić information content (AvgIpc) is 2.38. The molecule has 0 saturated carbocycles. The Hall–Kier alpha value is -1.15. The van der Waals surface area contributed by atoms with Crippen molar-refractivity contribution >= 4 is 5.78 Å². The zero-order chi connectivity index (χ0) is 13.8. The number of benzene rings is 1. The number of ketones is 1. The fourth-order valence-electron chi connectivity index (χ4n) is 3.18. The van der Waals surface area contributed by atoms with E-state index in [1.165, 1.54) is 22.3 Å². The predicted molar refractivity (Wildman–Crippen MR) is 79.6 cm³/mol. The van der Waals surface area contributed by atoms with Crippen molar-refractivity contribution in [3.8, 4) is 0 Å². The van der Waals surface area contributed by atoms with Crippen LogP contribution in [0, 0.1) is 26.7 Å². The minimum absolute atomic E-state index is 0.250. The van der Waals surface area contributed by atoms with Gasteiger partial charge in [0.05, 0.1) is 0 Å². The zero-order valence-electron chi connectivity index (χ0n) is 12.4. The third-order valence-electron chi connectivity index (χ3n) is 4.21. The lowest BCUT2D eigenvalue weighted by atomic mass is 9.89. The summed E-state index contributed by atoms with van der Waals surface area (Å²) in [6.07, 6.45) is 3.79. The number of hydrogen-bond donors (Lipinski definition) is 1. The maximum atomic E-state index is 12.2. The molecule has 0 bridgehead atoms. The van der Waals surface area contributed by atoms with Gasteiger partial charge in [-0.1, -0.05) is 17.7 Å². The Balaban J connectivity index is 1.96. The van der Waals surface area contributed by atoms with Crippen molar-refractivity contribution in [3.05, 3.63) is 34.4 Å². The van der Waals surface area contributed by atoms with Gasteiger partial charge in [0.15, 0.2) is 0 Å². The Labute approximate surface area is 116 Å². The van der Waals surface area contributed by atoms with Gasteiger partial charge >= 0.3 is 0 Å². The van der Waals surface area contributed by atoms with Gasteiger partial charge in [0.2, 0.25) is 0 Å². The summed E-state index contributed by atoms with van der Waals surface area (Å²) in [7, 11) is 0. The number of Topliss-reactive ketones (excluding diaryl/α,β-unsaturated/α-hetero) is 1. The van der Waals surface area contributed by atoms with Crippen LogP contribution in [0.4, 0.5) is 0 Å². The maximum Gasteiger partial charge on any atom is 0.137 e. The van der Waals surface area contributed by atoms with Crippen LogP contribution in [0.2, 0.25) is 0 Å². The minimum Gasteiger partial charge on any atom is -0.316 e. The Bertz CT molecular complexity index is 435. The van der Waals surface area contributed by atoms with Crippen molar-refractivity contribution in [2.24, 2.45) is 5.92 Å². The van der Waals surface area contributed by atoms with E-state index in [0.29, 0.717) is 12.2 Å². The fraction of sp³-hybridized carbons (Fsp3) is 0.588. The quantitative estimate of drug-likeness (QED) is 0.900. The highest BCUT2D eigenvalue weighted by atomic mass is 16.1. The summed E-state index contributed by atoms with van der Waals surface area (Å²) < 4.78 is 0. The molecule has 0 amide bonds. The maximum absolute atomic E-state index is 12.2. The van der Waals surface area contributed by atoms with Crippen LogP contribution in [-0.4, -0.2) is 18.9 Å². The van der Waals surface area contributed by atoms with Crippen LogP contribution in [0.15, 0.2) is 12.1 Å². The third-order valence-corrected chi connectivity index (χ3v) is 4.21. The van der Waals surface area contributed by atoms with Gasteiger partial charge in [0, 0.05) is 18.9 Å². The first-order valence-electron chi connectivity index (χ1n) is 7.38. The molecule has 1 saturated heterocycles. The second-order valence-electron chi connectivity index (χ2n) is 5.89. The SMILES string of the molecule is Cc1cc(C)c(CCC(=O)C2CCCNC2)c(C)c1. The normalized spacial score (nSPS) is 19.4. The summed E-state index contributed by atoms with van der Waals surface area (Å²) in [5.41, 5.74) is 5.32. The molecule has 2 heteroatoms. The number of carbonyl (C=O) groups is 1. The van der Waals surface area contributed by atoms with Crippen LogP contribution < -0.4 is 5.32 Å². The highest BCUT2D eigenvalue weighted by Gasteiger charge is 2.20. The first-order valence-corrected chi connectivity index (χ1v) is 7.38. The summed E-state index contributed by atoms with van der Waals surface area (Å²) >= 11 is 0. The molecule has 1 aliphatic rings. The summed E-state index contributed by atoms with van der Waals surface area (Å²) in [5.74, 6) is 0.686. The number of hydrogen-bond acceptors (Lipinski definition) is 2. The molecule has 19 heavy (non-hydrogen) atoms. The molecule has 1 heterocycles. The Morgan fingerprint density at radius 2 is 1.95 bits per heavy atom. The molecule has 1 unspecified atom stereocenters. The third kappa shape index (κ3) is 3.66. The van der Waals surface area contributed by atoms with E-state index in [9.17, 15) is 4.79 Å². The standard InChI is InChI=1S/C17H25NO/c1-12-9-13(2)16(14(3)10-12)6-7-17(19)15-5-4-8-18-11-15/h9-10,15,18H,4-8,11H2,1-3H3. The number of nitrogens with one attached hydrogen (secondary N) is 1. The van der Waals surface area contributed by atoms with Crippen molar-refractivity contribution in [1.29, 1.82) is 0 Å². The van der Waals surface area contributed by atoms with Crippen molar-refractivity contribution < 1.29 is 4.79 Å². The summed E-state index contributed by atoms with van der Waals surface area (Å²) in [4.78, 5) is 12.2. The van der Waals surface area contributed by atoms with Crippen LogP contribution in [0.5, 0.6) is 0 Å². The Morgan fingerprint density at radius 3 is 2.53 bits per heavy atom. The lowest BCUT2D eigenvalue weighted by Crippen LogP contribution is -2.34. The van der Waals surface area contributed by atoms with Crippen LogP contribution in [0.25, 0.3) is 0 Å². The summed E-state index contributed by atoms with van der Waals surface area (Å²) in [5, 5.41) is 3.32. The molecule has 1 fully saturated rings. The highest BCUT2D eigenvalue weighted by Crippen LogP contribution is 2.20. The smallest absolute Gasteiger partial charge is 0.137 e. The second-order valence-corrected chi connectivity index (χ2v) is 5.89.